The van der Waals surface area contributed by atoms with E-state index in [1.54, 1.807) is 48.5 Å². The lowest BCUT2D eigenvalue weighted by atomic mass is 10.0. The van der Waals surface area contributed by atoms with Gasteiger partial charge in [0.1, 0.15) is 0 Å². The largest absolute Gasteiger partial charge is 0.467 e. The van der Waals surface area contributed by atoms with Gasteiger partial charge in [-0.05, 0) is 5.56 Å². The molecule has 5 heteroatoms. The second kappa shape index (κ2) is 8.62. The lowest BCUT2D eigenvalue weighted by molar-refractivity contribution is -0.145. The molecule has 0 fully saturated rings. The van der Waals surface area contributed by atoms with E-state index in [-0.39, 0.29) is 24.5 Å². The van der Waals surface area contributed by atoms with Gasteiger partial charge in [0.25, 0.3) is 0 Å². The molecule has 0 unspecified atom stereocenters. The van der Waals surface area contributed by atoms with Crippen LogP contribution in [0.25, 0.3) is 0 Å². The zero-order chi connectivity index (χ0) is 17.4. The number of benzene rings is 2. The van der Waals surface area contributed by atoms with Crippen molar-refractivity contribution in [3.8, 4) is 0 Å². The van der Waals surface area contributed by atoms with Crippen LogP contribution >= 0.6 is 0 Å². The van der Waals surface area contributed by atoms with Crippen molar-refractivity contribution in [3.63, 3.8) is 0 Å². The molecule has 0 aliphatic rings. The Morgan fingerprint density at radius 3 is 2.08 bits per heavy atom. The third kappa shape index (κ3) is 4.78. The monoisotopic (exact) mass is 325 g/mol. The molecule has 0 radical (unpaired) electrons. The van der Waals surface area contributed by atoms with Crippen molar-refractivity contribution in [2.75, 3.05) is 7.11 Å². The number of hydrogen-bond donors (Lipinski definition) is 1. The normalized spacial score (nSPS) is 11.4. The minimum Gasteiger partial charge on any atom is -0.467 e. The fourth-order valence-corrected chi connectivity index (χ4v) is 2.27. The molecule has 1 amide bonds. The highest BCUT2D eigenvalue weighted by Crippen LogP contribution is 2.15. The topological polar surface area (TPSA) is 72.5 Å². The standard InChI is InChI=1S/C19H19NO4/c1-24-19(23)18(15-10-6-3-7-11-15)20-17(22)13-12-16(21)14-8-4-2-5-9-14/h2-11,18H,12-13H2,1H3,(H,20,22)/t18-/m0/s1. The molecule has 0 aliphatic carbocycles. The molecule has 0 heterocycles. The van der Waals surface area contributed by atoms with Crippen molar-refractivity contribution >= 4 is 17.7 Å². The molecule has 124 valence electrons. The van der Waals surface area contributed by atoms with Crippen molar-refractivity contribution in [3.05, 3.63) is 71.8 Å². The van der Waals surface area contributed by atoms with Crippen LogP contribution in [0.3, 0.4) is 0 Å². The minimum absolute atomic E-state index is 0.00799. The fourth-order valence-electron chi connectivity index (χ4n) is 2.27. The Bertz CT molecular complexity index is 698. The molecule has 1 N–H and O–H groups in total. The van der Waals surface area contributed by atoms with E-state index in [1.807, 2.05) is 12.1 Å². The molecule has 2 aromatic carbocycles. The average Bonchev–Trinajstić information content (AvgIpc) is 2.65. The van der Waals surface area contributed by atoms with Crippen molar-refractivity contribution in [1.29, 1.82) is 0 Å². The zero-order valence-electron chi connectivity index (χ0n) is 13.4. The summed E-state index contributed by atoms with van der Waals surface area (Å²) in [5.74, 6) is -1.04. The van der Waals surface area contributed by atoms with Crippen LogP contribution in [0.5, 0.6) is 0 Å². The van der Waals surface area contributed by atoms with Gasteiger partial charge < -0.3 is 10.1 Å². The smallest absolute Gasteiger partial charge is 0.333 e. The first-order valence-corrected chi connectivity index (χ1v) is 7.62. The number of esters is 1. The van der Waals surface area contributed by atoms with Gasteiger partial charge in [0.05, 0.1) is 7.11 Å². The van der Waals surface area contributed by atoms with E-state index in [0.717, 1.165) is 0 Å². The summed E-state index contributed by atoms with van der Waals surface area (Å²) >= 11 is 0. The van der Waals surface area contributed by atoms with Gasteiger partial charge in [0, 0.05) is 18.4 Å². The molecule has 0 spiro atoms. The minimum atomic E-state index is -0.879. The van der Waals surface area contributed by atoms with E-state index >= 15 is 0 Å². The Labute approximate surface area is 140 Å². The number of Topliss-reactive ketones (excluding diaryl/α,β-unsaturated/α-hetero) is 1. The number of rotatable bonds is 7. The number of carbonyl (C=O) groups is 3. The van der Waals surface area contributed by atoms with Crippen LogP contribution in [0.1, 0.15) is 34.8 Å². The summed E-state index contributed by atoms with van der Waals surface area (Å²) in [6.07, 6.45) is 0.0899. The number of amides is 1. The van der Waals surface area contributed by atoms with Gasteiger partial charge in [0.2, 0.25) is 5.91 Å². The van der Waals surface area contributed by atoms with Crippen LogP contribution < -0.4 is 5.32 Å². The number of nitrogens with one attached hydrogen (secondary N) is 1. The summed E-state index contributed by atoms with van der Waals surface area (Å²) in [7, 11) is 1.27. The van der Waals surface area contributed by atoms with Gasteiger partial charge in [-0.2, -0.15) is 0 Å². The first kappa shape index (κ1) is 17.4. The highest BCUT2D eigenvalue weighted by atomic mass is 16.5. The molecule has 5 nitrogen and oxygen atoms in total. The first-order valence-electron chi connectivity index (χ1n) is 7.62. The first-order chi connectivity index (χ1) is 11.6. The molecular weight excluding hydrogens is 306 g/mol. The lowest BCUT2D eigenvalue weighted by Gasteiger charge is -2.16. The summed E-state index contributed by atoms with van der Waals surface area (Å²) in [4.78, 5) is 36.0. The van der Waals surface area contributed by atoms with Gasteiger partial charge in [-0.1, -0.05) is 60.7 Å². The maximum absolute atomic E-state index is 12.1. The van der Waals surface area contributed by atoms with Gasteiger partial charge in [0.15, 0.2) is 11.8 Å². The van der Waals surface area contributed by atoms with Crippen LogP contribution in [0.15, 0.2) is 60.7 Å². The molecule has 2 aromatic rings. The Hall–Kier alpha value is -2.95. The van der Waals surface area contributed by atoms with E-state index in [9.17, 15) is 14.4 Å². The summed E-state index contributed by atoms with van der Waals surface area (Å²) in [6, 6.07) is 16.7. The third-order valence-corrected chi connectivity index (χ3v) is 3.55. The van der Waals surface area contributed by atoms with Crippen molar-refractivity contribution in [1.82, 2.24) is 5.32 Å². The van der Waals surface area contributed by atoms with E-state index in [1.165, 1.54) is 7.11 Å². The lowest BCUT2D eigenvalue weighted by Crippen LogP contribution is -2.34. The van der Waals surface area contributed by atoms with Gasteiger partial charge in [-0.25, -0.2) is 4.79 Å². The second-order valence-electron chi connectivity index (χ2n) is 5.22. The highest BCUT2D eigenvalue weighted by molar-refractivity contribution is 5.98. The molecule has 0 aliphatic heterocycles. The van der Waals surface area contributed by atoms with Crippen molar-refractivity contribution < 1.29 is 19.1 Å². The predicted octanol–water partition coefficient (Wildman–Crippen LogP) is 2.68. The second-order valence-corrected chi connectivity index (χ2v) is 5.22. The van der Waals surface area contributed by atoms with E-state index < -0.39 is 12.0 Å². The van der Waals surface area contributed by atoms with E-state index in [4.69, 9.17) is 4.74 Å². The molecule has 2 rings (SSSR count). The molecule has 0 saturated heterocycles. The molecule has 0 aromatic heterocycles. The molecule has 24 heavy (non-hydrogen) atoms. The summed E-state index contributed by atoms with van der Waals surface area (Å²) in [6.45, 7) is 0. The predicted molar refractivity (Wildman–Crippen MR) is 89.3 cm³/mol. The highest BCUT2D eigenvalue weighted by Gasteiger charge is 2.23. The molecule has 0 saturated carbocycles. The summed E-state index contributed by atoms with van der Waals surface area (Å²) < 4.78 is 4.74. The number of carbonyl (C=O) groups excluding carboxylic acids is 3. The van der Waals surface area contributed by atoms with Gasteiger partial charge in [-0.3, -0.25) is 9.59 Å². The Balaban J connectivity index is 1.96. The molecule has 0 bridgehead atoms. The van der Waals surface area contributed by atoms with Crippen LogP contribution in [-0.4, -0.2) is 24.8 Å². The van der Waals surface area contributed by atoms with Crippen molar-refractivity contribution in [2.24, 2.45) is 0 Å². The summed E-state index contributed by atoms with van der Waals surface area (Å²) in [5, 5.41) is 2.63. The maximum atomic E-state index is 12.1. The zero-order valence-corrected chi connectivity index (χ0v) is 13.4. The van der Waals surface area contributed by atoms with Crippen LogP contribution in [-0.2, 0) is 14.3 Å². The molecular formula is C19H19NO4. The number of ether oxygens (including phenoxy) is 1. The summed E-state index contributed by atoms with van der Waals surface area (Å²) in [5.41, 5.74) is 1.20. The fraction of sp³-hybridized carbons (Fsp3) is 0.211. The van der Waals surface area contributed by atoms with E-state index in [2.05, 4.69) is 5.32 Å². The average molecular weight is 325 g/mol. The number of methoxy groups -OCH3 is 1. The Morgan fingerprint density at radius 2 is 1.50 bits per heavy atom. The number of hydrogen-bond acceptors (Lipinski definition) is 4. The van der Waals surface area contributed by atoms with Crippen LogP contribution in [0, 0.1) is 0 Å². The Morgan fingerprint density at radius 1 is 0.917 bits per heavy atom. The quantitative estimate of drug-likeness (QED) is 0.627. The van der Waals surface area contributed by atoms with Gasteiger partial charge in [-0.15, -0.1) is 0 Å². The van der Waals surface area contributed by atoms with Crippen LogP contribution in [0.2, 0.25) is 0 Å². The van der Waals surface area contributed by atoms with Gasteiger partial charge >= 0.3 is 5.97 Å². The van der Waals surface area contributed by atoms with Crippen LogP contribution in [0.4, 0.5) is 0 Å². The number of ketones is 1. The Kier molecular flexibility index (Phi) is 6.25. The SMILES string of the molecule is COC(=O)[C@@H](NC(=O)CCC(=O)c1ccccc1)c1ccccc1. The van der Waals surface area contributed by atoms with Crippen molar-refractivity contribution in [2.45, 2.75) is 18.9 Å². The maximum Gasteiger partial charge on any atom is 0.333 e. The van der Waals surface area contributed by atoms with E-state index in [0.29, 0.717) is 11.1 Å². The third-order valence-electron chi connectivity index (χ3n) is 3.55. The molecule has 1 atom stereocenters.